The van der Waals surface area contributed by atoms with Crippen molar-refractivity contribution in [3.8, 4) is 0 Å². The van der Waals surface area contributed by atoms with Crippen molar-refractivity contribution in [2.75, 3.05) is 25.9 Å². The summed E-state index contributed by atoms with van der Waals surface area (Å²) in [4.78, 5) is 6.75. The Bertz CT molecular complexity index is 299. The number of nitrogens with two attached hydrogens (primary N) is 1. The number of likely N-dealkylation sites (tertiary alicyclic amines) is 1. The summed E-state index contributed by atoms with van der Waals surface area (Å²) < 4.78 is 0. The van der Waals surface area contributed by atoms with E-state index in [4.69, 9.17) is 5.73 Å². The van der Waals surface area contributed by atoms with Crippen LogP contribution in [0.3, 0.4) is 0 Å². The summed E-state index contributed by atoms with van der Waals surface area (Å²) in [7, 11) is 2.19. The van der Waals surface area contributed by atoms with Gasteiger partial charge in [0.25, 0.3) is 0 Å². The Balaban J connectivity index is 1.89. The molecule has 0 amide bonds. The van der Waals surface area contributed by atoms with E-state index >= 15 is 0 Å². The van der Waals surface area contributed by atoms with Gasteiger partial charge >= 0.3 is 0 Å². The maximum absolute atomic E-state index is 5.61. The molecule has 1 aromatic heterocycles. The lowest BCUT2D eigenvalue weighted by atomic mass is 9.92. The zero-order valence-electron chi connectivity index (χ0n) is 9.32. The van der Waals surface area contributed by atoms with Gasteiger partial charge in [-0.25, -0.2) is 0 Å². The van der Waals surface area contributed by atoms with Crippen LogP contribution in [0.1, 0.15) is 18.5 Å². The Hall–Kier alpha value is -1.09. The van der Waals surface area contributed by atoms with Crippen LogP contribution in [0.5, 0.6) is 0 Å². The first-order chi connectivity index (χ1) is 7.24. The van der Waals surface area contributed by atoms with Crippen LogP contribution < -0.4 is 5.73 Å². The minimum absolute atomic E-state index is 0.752. The van der Waals surface area contributed by atoms with Crippen LogP contribution in [0.25, 0.3) is 0 Å². The second-order valence-corrected chi connectivity index (χ2v) is 4.53. The largest absolute Gasteiger partial charge is 0.397 e. The number of anilines is 1. The molecular formula is C12H19N3. The molecular weight excluding hydrogens is 186 g/mol. The van der Waals surface area contributed by atoms with Gasteiger partial charge in [0.05, 0.1) is 11.9 Å². The fourth-order valence-corrected chi connectivity index (χ4v) is 2.12. The van der Waals surface area contributed by atoms with E-state index in [1.165, 1.54) is 31.6 Å². The third-order valence-corrected chi connectivity index (χ3v) is 3.18. The van der Waals surface area contributed by atoms with E-state index in [2.05, 4.69) is 16.9 Å². The molecule has 2 heterocycles. The molecule has 3 nitrogen and oxygen atoms in total. The van der Waals surface area contributed by atoms with Gasteiger partial charge in [-0.15, -0.1) is 0 Å². The molecule has 1 aliphatic rings. The van der Waals surface area contributed by atoms with E-state index in [0.717, 1.165) is 18.0 Å². The number of nitrogen functional groups attached to an aromatic ring is 1. The van der Waals surface area contributed by atoms with Gasteiger partial charge in [0.1, 0.15) is 0 Å². The third kappa shape index (κ3) is 2.93. The molecule has 2 N–H and O–H groups in total. The van der Waals surface area contributed by atoms with Crippen LogP contribution in [0.4, 0.5) is 5.69 Å². The first-order valence-corrected chi connectivity index (χ1v) is 5.63. The van der Waals surface area contributed by atoms with E-state index in [1.54, 1.807) is 6.20 Å². The molecule has 0 spiro atoms. The first kappa shape index (κ1) is 10.4. The van der Waals surface area contributed by atoms with Gasteiger partial charge in [0.2, 0.25) is 0 Å². The van der Waals surface area contributed by atoms with Crippen LogP contribution in [0, 0.1) is 5.92 Å². The predicted molar refractivity (Wildman–Crippen MR) is 62.6 cm³/mol. The molecule has 0 aliphatic carbocycles. The van der Waals surface area contributed by atoms with Gasteiger partial charge in [0.15, 0.2) is 0 Å². The lowest BCUT2D eigenvalue weighted by molar-refractivity contribution is 0.218. The fraction of sp³-hybridized carbons (Fsp3) is 0.583. The monoisotopic (exact) mass is 205 g/mol. The highest BCUT2D eigenvalue weighted by Gasteiger charge is 2.17. The Kier molecular flexibility index (Phi) is 3.21. The van der Waals surface area contributed by atoms with Crippen molar-refractivity contribution in [2.45, 2.75) is 19.3 Å². The molecule has 3 heteroatoms. The number of piperidine rings is 1. The minimum Gasteiger partial charge on any atom is -0.397 e. The summed E-state index contributed by atoms with van der Waals surface area (Å²) in [5.74, 6) is 0.803. The number of pyridine rings is 1. The van der Waals surface area contributed by atoms with Gasteiger partial charge in [-0.3, -0.25) is 4.98 Å². The van der Waals surface area contributed by atoms with Crippen LogP contribution in [0.2, 0.25) is 0 Å². The van der Waals surface area contributed by atoms with Crippen LogP contribution >= 0.6 is 0 Å². The van der Waals surface area contributed by atoms with Gasteiger partial charge in [-0.2, -0.15) is 0 Å². The van der Waals surface area contributed by atoms with Crippen molar-refractivity contribution in [1.82, 2.24) is 9.88 Å². The quantitative estimate of drug-likeness (QED) is 0.796. The standard InChI is InChI=1S/C12H19N3/c1-15-6-4-10(5-7-15)8-12-3-2-11(13)9-14-12/h2-3,9-10H,4-8,13H2,1H3. The van der Waals surface area contributed by atoms with Gasteiger partial charge in [0, 0.05) is 5.69 Å². The van der Waals surface area contributed by atoms with Crippen LogP contribution in [0.15, 0.2) is 18.3 Å². The molecule has 15 heavy (non-hydrogen) atoms. The molecule has 0 saturated carbocycles. The molecule has 0 aromatic carbocycles. The zero-order chi connectivity index (χ0) is 10.7. The number of rotatable bonds is 2. The summed E-state index contributed by atoms with van der Waals surface area (Å²) in [6, 6.07) is 3.99. The summed E-state index contributed by atoms with van der Waals surface area (Å²) in [5.41, 5.74) is 7.54. The van der Waals surface area contributed by atoms with E-state index in [0.29, 0.717) is 0 Å². The Morgan fingerprint density at radius 2 is 2.13 bits per heavy atom. The van der Waals surface area contributed by atoms with E-state index < -0.39 is 0 Å². The molecule has 2 rings (SSSR count). The van der Waals surface area contributed by atoms with Gasteiger partial charge in [-0.1, -0.05) is 0 Å². The second kappa shape index (κ2) is 4.62. The average Bonchev–Trinajstić information content (AvgIpc) is 2.25. The van der Waals surface area contributed by atoms with E-state index in [1.807, 2.05) is 12.1 Å². The maximum Gasteiger partial charge on any atom is 0.0501 e. The highest BCUT2D eigenvalue weighted by Crippen LogP contribution is 2.20. The van der Waals surface area contributed by atoms with Crippen molar-refractivity contribution in [2.24, 2.45) is 5.92 Å². The Morgan fingerprint density at radius 3 is 2.73 bits per heavy atom. The van der Waals surface area contributed by atoms with Crippen molar-refractivity contribution in [3.63, 3.8) is 0 Å². The molecule has 0 bridgehead atoms. The normalized spacial score (nSPS) is 19.3. The van der Waals surface area contributed by atoms with Crippen LogP contribution in [-0.2, 0) is 6.42 Å². The lowest BCUT2D eigenvalue weighted by Gasteiger charge is -2.28. The predicted octanol–water partition coefficient (Wildman–Crippen LogP) is 1.55. The molecule has 1 aromatic rings. The number of nitrogens with zero attached hydrogens (tertiary/aromatic N) is 2. The molecule has 82 valence electrons. The van der Waals surface area contributed by atoms with Gasteiger partial charge < -0.3 is 10.6 Å². The number of hydrogen-bond acceptors (Lipinski definition) is 3. The number of hydrogen-bond donors (Lipinski definition) is 1. The summed E-state index contributed by atoms with van der Waals surface area (Å²) in [6.45, 7) is 2.44. The minimum atomic E-state index is 0.752. The van der Waals surface area contributed by atoms with E-state index in [-0.39, 0.29) is 0 Å². The molecule has 0 atom stereocenters. The van der Waals surface area contributed by atoms with Crippen molar-refractivity contribution in [3.05, 3.63) is 24.0 Å². The Morgan fingerprint density at radius 1 is 1.40 bits per heavy atom. The molecule has 0 unspecified atom stereocenters. The van der Waals surface area contributed by atoms with Crippen molar-refractivity contribution in [1.29, 1.82) is 0 Å². The number of aromatic nitrogens is 1. The molecule has 1 aliphatic heterocycles. The van der Waals surface area contributed by atoms with Gasteiger partial charge in [-0.05, 0) is 57.5 Å². The fourth-order valence-electron chi connectivity index (χ4n) is 2.12. The second-order valence-electron chi connectivity index (χ2n) is 4.53. The van der Waals surface area contributed by atoms with Crippen molar-refractivity contribution < 1.29 is 0 Å². The zero-order valence-corrected chi connectivity index (χ0v) is 9.32. The van der Waals surface area contributed by atoms with Crippen LogP contribution in [-0.4, -0.2) is 30.0 Å². The highest BCUT2D eigenvalue weighted by molar-refractivity contribution is 5.34. The smallest absolute Gasteiger partial charge is 0.0501 e. The topological polar surface area (TPSA) is 42.1 Å². The SMILES string of the molecule is CN1CCC(Cc2ccc(N)cn2)CC1. The molecule has 1 saturated heterocycles. The summed E-state index contributed by atoms with van der Waals surface area (Å²) in [6.07, 6.45) is 5.45. The lowest BCUT2D eigenvalue weighted by Crippen LogP contribution is -2.31. The highest BCUT2D eigenvalue weighted by atomic mass is 15.1. The maximum atomic E-state index is 5.61. The average molecular weight is 205 g/mol. The molecule has 1 fully saturated rings. The summed E-state index contributed by atoms with van der Waals surface area (Å²) in [5, 5.41) is 0. The van der Waals surface area contributed by atoms with Crippen molar-refractivity contribution >= 4 is 5.69 Å². The third-order valence-electron chi connectivity index (χ3n) is 3.18. The van der Waals surface area contributed by atoms with E-state index in [9.17, 15) is 0 Å². The molecule has 0 radical (unpaired) electrons. The first-order valence-electron chi connectivity index (χ1n) is 5.63. The Labute approximate surface area is 91.3 Å². The summed E-state index contributed by atoms with van der Waals surface area (Å²) >= 11 is 0.